The van der Waals surface area contributed by atoms with Crippen LogP contribution in [0.2, 0.25) is 0 Å². The number of carbonyl (C=O) groups excluding carboxylic acids is 1. The average Bonchev–Trinajstić information content (AvgIpc) is 2.76. The molecule has 0 radical (unpaired) electrons. The summed E-state index contributed by atoms with van der Waals surface area (Å²) in [5.41, 5.74) is -0.246. The van der Waals surface area contributed by atoms with Gasteiger partial charge in [0, 0.05) is 4.47 Å². The van der Waals surface area contributed by atoms with Gasteiger partial charge in [-0.2, -0.15) is 13.2 Å². The summed E-state index contributed by atoms with van der Waals surface area (Å²) in [7, 11) is 0. The van der Waals surface area contributed by atoms with E-state index in [0.29, 0.717) is 10.2 Å². The van der Waals surface area contributed by atoms with Gasteiger partial charge in [0.1, 0.15) is 0 Å². The van der Waals surface area contributed by atoms with Crippen LogP contribution in [0.1, 0.15) is 10.5 Å². The van der Waals surface area contributed by atoms with Crippen molar-refractivity contribution < 1.29 is 18.0 Å². The van der Waals surface area contributed by atoms with Crippen LogP contribution in [-0.4, -0.2) is 27.0 Å². The maximum absolute atomic E-state index is 12.2. The van der Waals surface area contributed by atoms with Crippen molar-refractivity contribution in [3.63, 3.8) is 0 Å². The van der Waals surface area contributed by atoms with Gasteiger partial charge in [0.05, 0.1) is 11.9 Å². The van der Waals surface area contributed by atoms with Gasteiger partial charge in [-0.1, -0.05) is 17.3 Å². The van der Waals surface area contributed by atoms with Crippen LogP contribution in [0.25, 0.3) is 5.69 Å². The van der Waals surface area contributed by atoms with Crippen molar-refractivity contribution in [2.45, 2.75) is 6.18 Å². The molecule has 0 aliphatic heterocycles. The van der Waals surface area contributed by atoms with Crippen LogP contribution in [0.15, 0.2) is 34.9 Å². The molecule has 8 heteroatoms. The second-order valence-electron chi connectivity index (χ2n) is 3.33. The number of halogens is 4. The highest BCUT2D eigenvalue weighted by atomic mass is 79.9. The van der Waals surface area contributed by atoms with E-state index in [0.717, 1.165) is 10.9 Å². The zero-order valence-corrected chi connectivity index (χ0v) is 10.2. The van der Waals surface area contributed by atoms with Crippen LogP contribution in [0.5, 0.6) is 0 Å². The van der Waals surface area contributed by atoms with Crippen LogP contribution >= 0.6 is 15.9 Å². The summed E-state index contributed by atoms with van der Waals surface area (Å²) in [5, 5.41) is 6.72. The van der Waals surface area contributed by atoms with Gasteiger partial charge in [-0.15, -0.1) is 5.10 Å². The zero-order chi connectivity index (χ0) is 13.3. The zero-order valence-electron chi connectivity index (χ0n) is 8.65. The number of hydrogen-bond donors (Lipinski definition) is 0. The van der Waals surface area contributed by atoms with E-state index < -0.39 is 17.7 Å². The Balaban J connectivity index is 2.38. The number of Topliss-reactive ketones (excluding diaryl/α,β-unsaturated/α-hetero) is 1. The third kappa shape index (κ3) is 2.42. The van der Waals surface area contributed by atoms with Crippen molar-refractivity contribution in [2.24, 2.45) is 0 Å². The SMILES string of the molecule is O=C(c1cn(-c2ccccc2Br)nn1)C(F)(F)F. The minimum Gasteiger partial charge on any atom is -0.282 e. The predicted octanol–water partition coefficient (Wildman–Crippen LogP) is 2.77. The Hall–Kier alpha value is -1.70. The quantitative estimate of drug-likeness (QED) is 0.800. The Labute approximate surface area is 108 Å². The summed E-state index contributed by atoms with van der Waals surface area (Å²) in [4.78, 5) is 10.9. The summed E-state index contributed by atoms with van der Waals surface area (Å²) in [6.07, 6.45) is -4.01. The topological polar surface area (TPSA) is 47.8 Å². The standard InChI is InChI=1S/C10H5BrF3N3O/c11-6-3-1-2-4-8(6)17-5-7(15-16-17)9(18)10(12,13)14/h1-5H. The molecule has 0 amide bonds. The highest BCUT2D eigenvalue weighted by molar-refractivity contribution is 9.10. The normalized spacial score (nSPS) is 11.6. The fourth-order valence-electron chi connectivity index (χ4n) is 1.27. The van der Waals surface area contributed by atoms with Gasteiger partial charge < -0.3 is 0 Å². The Kier molecular flexibility index (Phi) is 3.20. The Morgan fingerprint density at radius 3 is 2.56 bits per heavy atom. The summed E-state index contributed by atoms with van der Waals surface area (Å²) in [6.45, 7) is 0. The third-order valence-corrected chi connectivity index (χ3v) is 2.75. The van der Waals surface area contributed by atoms with Crippen LogP contribution in [0.4, 0.5) is 13.2 Å². The molecule has 1 heterocycles. The molecule has 0 aliphatic rings. The number of benzene rings is 1. The lowest BCUT2D eigenvalue weighted by Crippen LogP contribution is -2.23. The second kappa shape index (κ2) is 4.52. The van der Waals surface area contributed by atoms with Gasteiger partial charge in [-0.25, -0.2) is 4.68 Å². The molecule has 0 atom stereocenters. The molecule has 18 heavy (non-hydrogen) atoms. The molecule has 2 rings (SSSR count). The van der Waals surface area contributed by atoms with Crippen molar-refractivity contribution in [1.82, 2.24) is 15.0 Å². The molecular weight excluding hydrogens is 315 g/mol. The molecule has 0 N–H and O–H groups in total. The van der Waals surface area contributed by atoms with Gasteiger partial charge in [-0.3, -0.25) is 4.79 Å². The highest BCUT2D eigenvalue weighted by Gasteiger charge is 2.41. The molecular formula is C10H5BrF3N3O. The van der Waals surface area contributed by atoms with Crippen molar-refractivity contribution in [1.29, 1.82) is 0 Å². The maximum Gasteiger partial charge on any atom is 0.456 e. The number of ketones is 1. The van der Waals surface area contributed by atoms with E-state index in [9.17, 15) is 18.0 Å². The minimum absolute atomic E-state index is 0.492. The summed E-state index contributed by atoms with van der Waals surface area (Å²) in [6, 6.07) is 6.75. The van der Waals surface area contributed by atoms with Crippen molar-refractivity contribution in [3.8, 4) is 5.69 Å². The Morgan fingerprint density at radius 2 is 1.94 bits per heavy atom. The lowest BCUT2D eigenvalue weighted by molar-refractivity contribution is -0.0888. The molecule has 0 aliphatic carbocycles. The monoisotopic (exact) mass is 319 g/mol. The van der Waals surface area contributed by atoms with Crippen molar-refractivity contribution in [3.05, 3.63) is 40.6 Å². The van der Waals surface area contributed by atoms with Crippen molar-refractivity contribution >= 4 is 21.7 Å². The van der Waals surface area contributed by atoms with Gasteiger partial charge in [0.15, 0.2) is 5.69 Å². The molecule has 94 valence electrons. The number of carbonyl (C=O) groups is 1. The molecule has 0 saturated heterocycles. The molecule has 0 bridgehead atoms. The van der Waals surface area contributed by atoms with Crippen LogP contribution in [-0.2, 0) is 0 Å². The van der Waals surface area contributed by atoms with Gasteiger partial charge in [0.25, 0.3) is 5.78 Å². The fraction of sp³-hybridized carbons (Fsp3) is 0.100. The first-order valence-electron chi connectivity index (χ1n) is 4.68. The van der Waals surface area contributed by atoms with Crippen molar-refractivity contribution in [2.75, 3.05) is 0 Å². The molecule has 0 unspecified atom stereocenters. The fourth-order valence-corrected chi connectivity index (χ4v) is 1.73. The first-order chi connectivity index (χ1) is 8.39. The second-order valence-corrected chi connectivity index (χ2v) is 4.18. The Morgan fingerprint density at radius 1 is 1.28 bits per heavy atom. The van der Waals surface area contributed by atoms with E-state index in [1.165, 1.54) is 0 Å². The summed E-state index contributed by atoms with van der Waals surface area (Å²) < 4.78 is 38.3. The number of aromatic nitrogens is 3. The summed E-state index contributed by atoms with van der Waals surface area (Å²) >= 11 is 3.22. The first-order valence-corrected chi connectivity index (χ1v) is 5.47. The van der Waals surface area contributed by atoms with E-state index >= 15 is 0 Å². The number of para-hydroxylation sites is 1. The Bertz CT molecular complexity index is 594. The van der Waals surface area contributed by atoms with E-state index in [2.05, 4.69) is 26.2 Å². The van der Waals surface area contributed by atoms with E-state index in [-0.39, 0.29) is 0 Å². The lowest BCUT2D eigenvalue weighted by Gasteiger charge is -2.02. The van der Waals surface area contributed by atoms with E-state index in [1.807, 2.05) is 0 Å². The molecule has 1 aromatic carbocycles. The number of alkyl halides is 3. The number of rotatable bonds is 2. The van der Waals surface area contributed by atoms with Crippen LogP contribution in [0.3, 0.4) is 0 Å². The minimum atomic E-state index is -4.95. The molecule has 4 nitrogen and oxygen atoms in total. The third-order valence-electron chi connectivity index (χ3n) is 2.08. The average molecular weight is 320 g/mol. The van der Waals surface area contributed by atoms with Crippen LogP contribution in [0, 0.1) is 0 Å². The van der Waals surface area contributed by atoms with E-state index in [4.69, 9.17) is 0 Å². The molecule has 0 saturated carbocycles. The predicted molar refractivity (Wildman–Crippen MR) is 59.4 cm³/mol. The van der Waals surface area contributed by atoms with Gasteiger partial charge >= 0.3 is 6.18 Å². The van der Waals surface area contributed by atoms with Gasteiger partial charge in [-0.05, 0) is 28.1 Å². The smallest absolute Gasteiger partial charge is 0.282 e. The number of hydrogen-bond acceptors (Lipinski definition) is 3. The molecule has 0 fully saturated rings. The highest BCUT2D eigenvalue weighted by Crippen LogP contribution is 2.22. The lowest BCUT2D eigenvalue weighted by atomic mass is 10.3. The molecule has 0 spiro atoms. The van der Waals surface area contributed by atoms with E-state index in [1.54, 1.807) is 24.3 Å². The number of nitrogens with zero attached hydrogens (tertiary/aromatic N) is 3. The first kappa shape index (κ1) is 12.7. The maximum atomic E-state index is 12.2. The largest absolute Gasteiger partial charge is 0.456 e. The van der Waals surface area contributed by atoms with Crippen LogP contribution < -0.4 is 0 Å². The van der Waals surface area contributed by atoms with Gasteiger partial charge in [0.2, 0.25) is 0 Å². The molecule has 2 aromatic rings. The summed E-state index contributed by atoms with van der Waals surface area (Å²) in [5.74, 6) is -2.01. The molecule has 1 aromatic heterocycles.